The highest BCUT2D eigenvalue weighted by Crippen LogP contribution is 2.37. The van der Waals surface area contributed by atoms with E-state index in [-0.39, 0.29) is 11.9 Å². The van der Waals surface area contributed by atoms with E-state index in [0.29, 0.717) is 18.1 Å². The molecule has 0 radical (unpaired) electrons. The number of rotatable bonds is 14. The average molecular weight is 369 g/mol. The molecule has 0 aromatic carbocycles. The minimum absolute atomic E-state index is 0.137. The maximum Gasteiger partial charge on any atom is 0.305 e. The van der Waals surface area contributed by atoms with Crippen LogP contribution in [0.1, 0.15) is 104 Å². The number of aliphatic hydroxyl groups is 1. The maximum absolute atomic E-state index is 12.2. The molecule has 0 spiro atoms. The highest BCUT2D eigenvalue weighted by molar-refractivity contribution is 5.83. The van der Waals surface area contributed by atoms with Crippen molar-refractivity contribution in [3.8, 4) is 0 Å². The molecule has 1 unspecified atom stereocenters. The predicted octanol–water partition coefficient (Wildman–Crippen LogP) is 5.21. The molecule has 0 heterocycles. The fraction of sp³-hybridized carbons (Fsp3) is 0.909. The Labute approximate surface area is 160 Å². The van der Waals surface area contributed by atoms with Gasteiger partial charge in [0, 0.05) is 18.8 Å². The van der Waals surface area contributed by atoms with Crippen LogP contribution in [-0.4, -0.2) is 29.6 Å². The molecule has 0 aromatic rings. The second-order valence-corrected chi connectivity index (χ2v) is 8.39. The average Bonchev–Trinajstić information content (AvgIpc) is 2.96. The van der Waals surface area contributed by atoms with Crippen LogP contribution in [0.25, 0.3) is 0 Å². The Morgan fingerprint density at radius 3 is 2.54 bits per heavy atom. The molecule has 26 heavy (non-hydrogen) atoms. The SMILES string of the molecule is CCCCCC(C)(O)CC[C@H]1CCC(=O)[C@@H]1CCCCCCC(=O)OC. The first-order chi connectivity index (χ1) is 12.4. The van der Waals surface area contributed by atoms with Crippen molar-refractivity contribution in [1.82, 2.24) is 0 Å². The van der Waals surface area contributed by atoms with E-state index < -0.39 is 5.60 Å². The second-order valence-electron chi connectivity index (χ2n) is 8.39. The third-order valence-corrected chi connectivity index (χ3v) is 5.99. The first-order valence-corrected chi connectivity index (χ1v) is 10.7. The summed E-state index contributed by atoms with van der Waals surface area (Å²) >= 11 is 0. The zero-order valence-electron chi connectivity index (χ0n) is 17.2. The van der Waals surface area contributed by atoms with Crippen LogP contribution in [0.4, 0.5) is 0 Å². The molecule has 0 saturated heterocycles. The van der Waals surface area contributed by atoms with Gasteiger partial charge in [0.15, 0.2) is 0 Å². The first kappa shape index (κ1) is 23.1. The molecule has 0 aliphatic heterocycles. The van der Waals surface area contributed by atoms with Crippen molar-refractivity contribution in [3.05, 3.63) is 0 Å². The van der Waals surface area contributed by atoms with E-state index >= 15 is 0 Å². The van der Waals surface area contributed by atoms with Crippen LogP contribution in [-0.2, 0) is 14.3 Å². The van der Waals surface area contributed by atoms with E-state index in [1.54, 1.807) is 0 Å². The van der Waals surface area contributed by atoms with Crippen LogP contribution in [0, 0.1) is 11.8 Å². The van der Waals surface area contributed by atoms with Crippen LogP contribution in [0.15, 0.2) is 0 Å². The standard InChI is InChI=1S/C22H40O4/c1-4-5-10-16-22(2,25)17-15-18-13-14-20(23)19(18)11-8-6-7-9-12-21(24)26-3/h18-19,25H,4-17H2,1-3H3/t18-,19-,22?/m1/s1. The number of esters is 1. The van der Waals surface area contributed by atoms with E-state index in [4.69, 9.17) is 0 Å². The molecular formula is C22H40O4. The van der Waals surface area contributed by atoms with Gasteiger partial charge >= 0.3 is 5.97 Å². The van der Waals surface area contributed by atoms with E-state index in [1.165, 1.54) is 20.0 Å². The lowest BCUT2D eigenvalue weighted by Crippen LogP contribution is -2.26. The van der Waals surface area contributed by atoms with Gasteiger partial charge in [-0.3, -0.25) is 9.59 Å². The number of methoxy groups -OCH3 is 1. The predicted molar refractivity (Wildman–Crippen MR) is 105 cm³/mol. The van der Waals surface area contributed by atoms with Crippen LogP contribution in [0.3, 0.4) is 0 Å². The van der Waals surface area contributed by atoms with Gasteiger partial charge in [-0.15, -0.1) is 0 Å². The van der Waals surface area contributed by atoms with Crippen molar-refractivity contribution < 1.29 is 19.4 Å². The van der Waals surface area contributed by atoms with Crippen molar-refractivity contribution >= 4 is 11.8 Å². The molecule has 0 aromatic heterocycles. The number of Topliss-reactive ketones (excluding diaryl/α,β-unsaturated/α-hetero) is 1. The molecule has 1 aliphatic rings. The van der Waals surface area contributed by atoms with E-state index in [0.717, 1.165) is 70.6 Å². The van der Waals surface area contributed by atoms with Gasteiger partial charge in [-0.25, -0.2) is 0 Å². The summed E-state index contributed by atoms with van der Waals surface area (Å²) in [5.74, 6) is 0.939. The molecule has 3 atom stereocenters. The zero-order chi connectivity index (χ0) is 19.4. The Balaban J connectivity index is 2.26. The van der Waals surface area contributed by atoms with Crippen LogP contribution in [0.2, 0.25) is 0 Å². The summed E-state index contributed by atoms with van der Waals surface area (Å²) in [5.41, 5.74) is -0.584. The van der Waals surface area contributed by atoms with E-state index in [1.807, 2.05) is 6.92 Å². The van der Waals surface area contributed by atoms with Crippen LogP contribution in [0.5, 0.6) is 0 Å². The summed E-state index contributed by atoms with van der Waals surface area (Å²) in [5, 5.41) is 10.6. The van der Waals surface area contributed by atoms with Gasteiger partial charge in [0.1, 0.15) is 5.78 Å². The Morgan fingerprint density at radius 1 is 1.12 bits per heavy atom. The lowest BCUT2D eigenvalue weighted by Gasteiger charge is -2.26. The van der Waals surface area contributed by atoms with Crippen molar-refractivity contribution in [2.45, 2.75) is 109 Å². The Kier molecular flexibility index (Phi) is 11.1. The van der Waals surface area contributed by atoms with Gasteiger partial charge in [-0.1, -0.05) is 45.4 Å². The number of hydrogen-bond acceptors (Lipinski definition) is 4. The van der Waals surface area contributed by atoms with E-state index in [9.17, 15) is 14.7 Å². The lowest BCUT2D eigenvalue weighted by molar-refractivity contribution is -0.140. The molecule has 1 aliphatic carbocycles. The third-order valence-electron chi connectivity index (χ3n) is 5.99. The summed E-state index contributed by atoms with van der Waals surface area (Å²) in [4.78, 5) is 23.3. The molecule has 4 nitrogen and oxygen atoms in total. The smallest absolute Gasteiger partial charge is 0.305 e. The van der Waals surface area contributed by atoms with Gasteiger partial charge in [-0.05, 0) is 51.4 Å². The zero-order valence-corrected chi connectivity index (χ0v) is 17.2. The molecule has 1 fully saturated rings. The molecule has 1 saturated carbocycles. The van der Waals surface area contributed by atoms with Crippen molar-refractivity contribution in [3.63, 3.8) is 0 Å². The van der Waals surface area contributed by atoms with Crippen molar-refractivity contribution in [1.29, 1.82) is 0 Å². The second kappa shape index (κ2) is 12.5. The largest absolute Gasteiger partial charge is 0.469 e. The van der Waals surface area contributed by atoms with E-state index in [2.05, 4.69) is 11.7 Å². The summed E-state index contributed by atoms with van der Waals surface area (Å²) < 4.78 is 4.65. The molecule has 1 rings (SSSR count). The monoisotopic (exact) mass is 368 g/mol. The Morgan fingerprint density at radius 2 is 1.85 bits per heavy atom. The molecule has 1 N–H and O–H groups in total. The molecule has 0 bridgehead atoms. The Bertz CT molecular complexity index is 416. The highest BCUT2D eigenvalue weighted by Gasteiger charge is 2.35. The van der Waals surface area contributed by atoms with Crippen LogP contribution >= 0.6 is 0 Å². The van der Waals surface area contributed by atoms with Gasteiger partial charge < -0.3 is 9.84 Å². The van der Waals surface area contributed by atoms with Gasteiger partial charge in [-0.2, -0.15) is 0 Å². The minimum Gasteiger partial charge on any atom is -0.469 e. The summed E-state index contributed by atoms with van der Waals surface area (Å²) in [6, 6.07) is 0. The molecule has 4 heteroatoms. The molecule has 0 amide bonds. The first-order valence-electron chi connectivity index (χ1n) is 10.7. The number of ether oxygens (including phenoxy) is 1. The quantitative estimate of drug-likeness (QED) is 0.338. The fourth-order valence-corrected chi connectivity index (χ4v) is 4.19. The number of hydrogen-bond donors (Lipinski definition) is 1. The lowest BCUT2D eigenvalue weighted by atomic mass is 9.83. The minimum atomic E-state index is -0.584. The normalized spacial score (nSPS) is 22.4. The molecular weight excluding hydrogens is 328 g/mol. The number of carbonyl (C=O) groups excluding carboxylic acids is 2. The van der Waals surface area contributed by atoms with Crippen LogP contribution < -0.4 is 0 Å². The number of carbonyl (C=O) groups is 2. The number of ketones is 1. The fourth-order valence-electron chi connectivity index (χ4n) is 4.19. The Hall–Kier alpha value is -0.900. The number of unbranched alkanes of at least 4 members (excludes halogenated alkanes) is 5. The third kappa shape index (κ3) is 9.16. The van der Waals surface area contributed by atoms with Crippen molar-refractivity contribution in [2.75, 3.05) is 7.11 Å². The van der Waals surface area contributed by atoms with Gasteiger partial charge in [0.25, 0.3) is 0 Å². The van der Waals surface area contributed by atoms with Gasteiger partial charge in [0.2, 0.25) is 0 Å². The summed E-state index contributed by atoms with van der Waals surface area (Å²) in [6.07, 6.45) is 13.3. The summed E-state index contributed by atoms with van der Waals surface area (Å²) in [6.45, 7) is 4.13. The summed E-state index contributed by atoms with van der Waals surface area (Å²) in [7, 11) is 1.43. The van der Waals surface area contributed by atoms with Gasteiger partial charge in [0.05, 0.1) is 12.7 Å². The molecule has 152 valence electrons. The topological polar surface area (TPSA) is 63.6 Å². The highest BCUT2D eigenvalue weighted by atomic mass is 16.5. The van der Waals surface area contributed by atoms with Crippen molar-refractivity contribution in [2.24, 2.45) is 11.8 Å². The maximum atomic E-state index is 12.2.